The fraction of sp³-hybridized carbons (Fsp3) is 0.200. The van der Waals surface area contributed by atoms with Crippen LogP contribution < -0.4 is 5.43 Å². The average molecular weight is 128 g/mol. The Hall–Kier alpha value is -1.32. The minimum atomic E-state index is -0.590. The van der Waals surface area contributed by atoms with Crippen LogP contribution in [0.25, 0.3) is 0 Å². The quantitative estimate of drug-likeness (QED) is 0.435. The summed E-state index contributed by atoms with van der Waals surface area (Å²) in [5.74, 6) is 0. The minimum Gasteiger partial charge on any atom is -0.452 e. The van der Waals surface area contributed by atoms with Crippen molar-refractivity contribution >= 4 is 12.3 Å². The first-order chi connectivity index (χ1) is 4.31. The number of nitrogens with one attached hydrogen (secondary N) is 1. The molecule has 0 atom stereocenters. The highest BCUT2D eigenvalue weighted by atomic mass is 16.5. The number of carbonyl (C=O) groups is 1. The first-order valence-corrected chi connectivity index (χ1v) is 2.29. The first kappa shape index (κ1) is 7.68. The smallest absolute Gasteiger partial charge is 0.427 e. The second-order valence-electron chi connectivity index (χ2n) is 1.12. The normalized spacial score (nSPS) is 9.00. The molecule has 0 aromatic heterocycles. The highest BCUT2D eigenvalue weighted by Gasteiger charge is 1.89. The fourth-order valence-corrected chi connectivity index (χ4v) is 0.188. The van der Waals surface area contributed by atoms with E-state index in [1.165, 1.54) is 19.4 Å². The molecule has 0 spiro atoms. The number of ether oxygens (including phenoxy) is 1. The lowest BCUT2D eigenvalue weighted by atomic mass is 10.7. The highest BCUT2D eigenvalue weighted by molar-refractivity contribution is 5.73. The van der Waals surface area contributed by atoms with Crippen LogP contribution in [-0.2, 0) is 4.74 Å². The van der Waals surface area contributed by atoms with Gasteiger partial charge in [0.15, 0.2) is 0 Å². The zero-order valence-corrected chi connectivity index (χ0v) is 5.13. The van der Waals surface area contributed by atoms with Crippen LogP contribution in [0.1, 0.15) is 0 Å². The van der Waals surface area contributed by atoms with E-state index in [1.807, 2.05) is 0 Å². The third-order valence-electron chi connectivity index (χ3n) is 0.521. The average Bonchev–Trinajstić information content (AvgIpc) is 1.89. The molecule has 0 radical (unpaired) electrons. The van der Waals surface area contributed by atoms with Gasteiger partial charge in [-0.15, -0.1) is 0 Å². The van der Waals surface area contributed by atoms with Crippen LogP contribution >= 0.6 is 0 Å². The monoisotopic (exact) mass is 128 g/mol. The van der Waals surface area contributed by atoms with Gasteiger partial charge in [0.2, 0.25) is 0 Å². The summed E-state index contributed by atoms with van der Waals surface area (Å²) in [6, 6.07) is 0. The molecule has 1 N–H and O–H groups in total. The van der Waals surface area contributed by atoms with Crippen LogP contribution in [0.4, 0.5) is 4.79 Å². The molecule has 4 nitrogen and oxygen atoms in total. The number of hydrazone groups is 1. The molecule has 0 fully saturated rings. The van der Waals surface area contributed by atoms with Gasteiger partial charge < -0.3 is 4.74 Å². The maximum Gasteiger partial charge on any atom is 0.427 e. The Morgan fingerprint density at radius 1 is 1.89 bits per heavy atom. The number of rotatable bonds is 2. The summed E-state index contributed by atoms with van der Waals surface area (Å²) in [5, 5.41) is 3.39. The van der Waals surface area contributed by atoms with Crippen molar-refractivity contribution in [3.63, 3.8) is 0 Å². The molecule has 0 rings (SSSR count). The van der Waals surface area contributed by atoms with Gasteiger partial charge in [-0.25, -0.2) is 10.2 Å². The molecular weight excluding hydrogens is 120 g/mol. The van der Waals surface area contributed by atoms with Crippen LogP contribution in [0, 0.1) is 0 Å². The van der Waals surface area contributed by atoms with Crippen molar-refractivity contribution in [3.05, 3.63) is 12.7 Å². The topological polar surface area (TPSA) is 50.7 Å². The molecule has 0 heterocycles. The Morgan fingerprint density at radius 3 is 3.00 bits per heavy atom. The summed E-state index contributed by atoms with van der Waals surface area (Å²) >= 11 is 0. The van der Waals surface area contributed by atoms with Gasteiger partial charge in [0, 0.05) is 6.21 Å². The van der Waals surface area contributed by atoms with Crippen molar-refractivity contribution < 1.29 is 9.53 Å². The Balaban J connectivity index is 3.37. The molecule has 0 aliphatic carbocycles. The van der Waals surface area contributed by atoms with Crippen LogP contribution in [0.2, 0.25) is 0 Å². The third kappa shape index (κ3) is 4.53. The second kappa shape index (κ2) is 4.83. The number of carbonyl (C=O) groups excluding carboxylic acids is 1. The van der Waals surface area contributed by atoms with Gasteiger partial charge in [0.25, 0.3) is 0 Å². The lowest BCUT2D eigenvalue weighted by molar-refractivity contribution is 0.171. The zero-order valence-electron chi connectivity index (χ0n) is 5.13. The van der Waals surface area contributed by atoms with Crippen molar-refractivity contribution in [2.24, 2.45) is 5.10 Å². The van der Waals surface area contributed by atoms with Crippen molar-refractivity contribution in [2.75, 3.05) is 7.11 Å². The maximum absolute atomic E-state index is 10.2. The Bertz CT molecular complexity index is 131. The molecule has 0 aliphatic heterocycles. The molecule has 0 unspecified atom stereocenters. The Kier molecular flexibility index (Phi) is 4.12. The van der Waals surface area contributed by atoms with Gasteiger partial charge in [-0.05, 0) is 6.08 Å². The number of hydrogen-bond acceptors (Lipinski definition) is 3. The number of nitrogens with zero attached hydrogens (tertiary/aromatic N) is 1. The fourth-order valence-electron chi connectivity index (χ4n) is 0.188. The molecule has 0 aromatic carbocycles. The second-order valence-corrected chi connectivity index (χ2v) is 1.12. The molecule has 0 aliphatic rings. The largest absolute Gasteiger partial charge is 0.452 e. The molecule has 50 valence electrons. The van der Waals surface area contributed by atoms with E-state index in [9.17, 15) is 4.79 Å². The van der Waals surface area contributed by atoms with E-state index in [1.54, 1.807) is 0 Å². The summed E-state index contributed by atoms with van der Waals surface area (Å²) in [4.78, 5) is 10.2. The number of amides is 1. The standard InChI is InChI=1S/C5H8N2O2/c1-3-4-6-7-5(8)9-2/h3-4H,1H2,2H3,(H,7,8)/b6-4+. The lowest BCUT2D eigenvalue weighted by Gasteiger charge is -1.92. The Labute approximate surface area is 53.2 Å². The minimum absolute atomic E-state index is 0.590. The number of hydrogen-bond donors (Lipinski definition) is 1. The first-order valence-electron chi connectivity index (χ1n) is 2.29. The van der Waals surface area contributed by atoms with E-state index in [4.69, 9.17) is 0 Å². The molecule has 4 heteroatoms. The SMILES string of the molecule is C=C/C=N/NC(=O)OC. The van der Waals surface area contributed by atoms with E-state index >= 15 is 0 Å². The van der Waals surface area contributed by atoms with Crippen LogP contribution in [0.15, 0.2) is 17.8 Å². The molecule has 1 amide bonds. The van der Waals surface area contributed by atoms with Crippen molar-refractivity contribution in [3.8, 4) is 0 Å². The Morgan fingerprint density at radius 2 is 2.56 bits per heavy atom. The van der Waals surface area contributed by atoms with Gasteiger partial charge in [0.1, 0.15) is 0 Å². The van der Waals surface area contributed by atoms with E-state index < -0.39 is 6.09 Å². The van der Waals surface area contributed by atoms with Crippen molar-refractivity contribution in [1.29, 1.82) is 0 Å². The van der Waals surface area contributed by atoms with Crippen molar-refractivity contribution in [2.45, 2.75) is 0 Å². The summed E-state index contributed by atoms with van der Waals surface area (Å²) in [5.41, 5.74) is 2.07. The van der Waals surface area contributed by atoms with E-state index in [-0.39, 0.29) is 0 Å². The van der Waals surface area contributed by atoms with Crippen LogP contribution in [0.5, 0.6) is 0 Å². The summed E-state index contributed by atoms with van der Waals surface area (Å²) in [6.07, 6.45) is 2.19. The summed E-state index contributed by atoms with van der Waals surface area (Å²) < 4.78 is 4.20. The highest BCUT2D eigenvalue weighted by Crippen LogP contribution is 1.68. The predicted octanol–water partition coefficient (Wildman–Crippen LogP) is 0.514. The molecule has 0 saturated carbocycles. The van der Waals surface area contributed by atoms with E-state index in [0.717, 1.165) is 0 Å². The predicted molar refractivity (Wildman–Crippen MR) is 34.2 cm³/mol. The van der Waals surface area contributed by atoms with Gasteiger partial charge in [-0.3, -0.25) is 0 Å². The van der Waals surface area contributed by atoms with Gasteiger partial charge in [-0.2, -0.15) is 5.10 Å². The zero-order chi connectivity index (χ0) is 7.11. The summed E-state index contributed by atoms with van der Waals surface area (Å²) in [6.45, 7) is 3.34. The summed E-state index contributed by atoms with van der Waals surface area (Å²) in [7, 11) is 1.26. The number of allylic oxidation sites excluding steroid dienone is 1. The third-order valence-corrected chi connectivity index (χ3v) is 0.521. The van der Waals surface area contributed by atoms with Gasteiger partial charge >= 0.3 is 6.09 Å². The van der Waals surface area contributed by atoms with Crippen molar-refractivity contribution in [1.82, 2.24) is 5.43 Å². The number of methoxy groups -OCH3 is 1. The molecule has 0 aromatic rings. The molecule has 9 heavy (non-hydrogen) atoms. The van der Waals surface area contributed by atoms with Crippen LogP contribution in [0.3, 0.4) is 0 Å². The lowest BCUT2D eigenvalue weighted by Crippen LogP contribution is -2.16. The van der Waals surface area contributed by atoms with Gasteiger partial charge in [0.05, 0.1) is 7.11 Å². The van der Waals surface area contributed by atoms with Gasteiger partial charge in [-0.1, -0.05) is 6.58 Å². The molecule has 0 saturated heterocycles. The van der Waals surface area contributed by atoms with E-state index in [2.05, 4.69) is 21.8 Å². The molecular formula is C5H8N2O2. The maximum atomic E-state index is 10.2. The van der Waals surface area contributed by atoms with E-state index in [0.29, 0.717) is 0 Å². The van der Waals surface area contributed by atoms with Crippen LogP contribution in [-0.4, -0.2) is 19.4 Å². The molecule has 0 bridgehead atoms.